The molecule has 1 aromatic rings. The van der Waals surface area contributed by atoms with E-state index in [9.17, 15) is 18.0 Å². The number of hydrogen-bond donors (Lipinski definition) is 2. The number of carbonyl (C=O) groups excluding carboxylic acids is 1. The zero-order valence-corrected chi connectivity index (χ0v) is 9.90. The average molecular weight is 279 g/mol. The summed E-state index contributed by atoms with van der Waals surface area (Å²) in [5.74, 6) is -0.498. The van der Waals surface area contributed by atoms with Crippen LogP contribution in [0.1, 0.15) is 5.56 Å². The van der Waals surface area contributed by atoms with E-state index in [1.54, 1.807) is 0 Å². The summed E-state index contributed by atoms with van der Waals surface area (Å²) >= 11 is 5.60. The van der Waals surface area contributed by atoms with Crippen molar-refractivity contribution >= 4 is 23.2 Å². The molecule has 1 heterocycles. The fraction of sp³-hybridized carbons (Fsp3) is 0.364. The normalized spacial score (nSPS) is 16.2. The Bertz CT molecular complexity index is 472. The monoisotopic (exact) mass is 278 g/mol. The largest absolute Gasteiger partial charge is 0.416 e. The van der Waals surface area contributed by atoms with Crippen molar-refractivity contribution in [2.75, 3.05) is 18.4 Å². The average Bonchev–Trinajstić information content (AvgIpc) is 2.11. The third-order valence-electron chi connectivity index (χ3n) is 2.64. The molecule has 1 amide bonds. The van der Waals surface area contributed by atoms with Gasteiger partial charge in [0, 0.05) is 23.8 Å². The molecule has 98 valence electrons. The number of halogens is 4. The highest BCUT2D eigenvalue weighted by Crippen LogP contribution is 2.33. The predicted molar refractivity (Wildman–Crippen MR) is 61.4 cm³/mol. The third kappa shape index (κ3) is 2.94. The van der Waals surface area contributed by atoms with E-state index >= 15 is 0 Å². The van der Waals surface area contributed by atoms with Gasteiger partial charge in [-0.25, -0.2) is 0 Å². The number of rotatable bonds is 2. The smallest absolute Gasteiger partial charge is 0.326 e. The van der Waals surface area contributed by atoms with E-state index < -0.39 is 11.7 Å². The van der Waals surface area contributed by atoms with Gasteiger partial charge in [-0.2, -0.15) is 13.2 Å². The van der Waals surface area contributed by atoms with Gasteiger partial charge in [0.2, 0.25) is 5.91 Å². The van der Waals surface area contributed by atoms with Crippen molar-refractivity contribution in [3.05, 3.63) is 28.8 Å². The zero-order valence-electron chi connectivity index (χ0n) is 9.14. The first-order chi connectivity index (χ1) is 8.36. The van der Waals surface area contributed by atoms with Gasteiger partial charge in [0.05, 0.1) is 11.5 Å². The summed E-state index contributed by atoms with van der Waals surface area (Å²) < 4.78 is 37.6. The maximum atomic E-state index is 12.5. The zero-order chi connectivity index (χ0) is 13.3. The van der Waals surface area contributed by atoms with Gasteiger partial charge in [-0.15, -0.1) is 0 Å². The first kappa shape index (κ1) is 13.2. The molecular weight excluding hydrogens is 269 g/mol. The van der Waals surface area contributed by atoms with Gasteiger partial charge < -0.3 is 10.6 Å². The molecule has 7 heteroatoms. The molecule has 3 nitrogen and oxygen atoms in total. The van der Waals surface area contributed by atoms with Crippen LogP contribution in [0, 0.1) is 5.92 Å². The first-order valence-corrected chi connectivity index (χ1v) is 5.63. The Morgan fingerprint density at radius 3 is 2.50 bits per heavy atom. The van der Waals surface area contributed by atoms with Gasteiger partial charge in [-0.1, -0.05) is 11.6 Å². The van der Waals surface area contributed by atoms with Crippen LogP contribution in [-0.4, -0.2) is 19.0 Å². The lowest BCUT2D eigenvalue weighted by atomic mass is 10.0. The Labute approximate surface area is 106 Å². The summed E-state index contributed by atoms with van der Waals surface area (Å²) in [6, 6.07) is 2.98. The lowest BCUT2D eigenvalue weighted by molar-refractivity contribution is -0.137. The molecule has 0 aromatic heterocycles. The van der Waals surface area contributed by atoms with Gasteiger partial charge in [-0.05, 0) is 18.2 Å². The molecule has 0 bridgehead atoms. The number of nitrogens with one attached hydrogen (secondary N) is 2. The molecule has 2 rings (SSSR count). The molecule has 0 saturated carbocycles. The van der Waals surface area contributed by atoms with Crippen LogP contribution in [0.25, 0.3) is 0 Å². The van der Waals surface area contributed by atoms with Crippen LogP contribution in [0.3, 0.4) is 0 Å². The van der Waals surface area contributed by atoms with Crippen molar-refractivity contribution in [1.29, 1.82) is 0 Å². The van der Waals surface area contributed by atoms with Crippen molar-refractivity contribution in [3.63, 3.8) is 0 Å². The number of hydrogen-bond acceptors (Lipinski definition) is 2. The van der Waals surface area contributed by atoms with Crippen molar-refractivity contribution < 1.29 is 18.0 Å². The second kappa shape index (κ2) is 4.78. The molecule has 2 N–H and O–H groups in total. The number of alkyl halides is 3. The fourth-order valence-corrected chi connectivity index (χ4v) is 1.78. The number of carbonyl (C=O) groups is 1. The van der Waals surface area contributed by atoms with E-state index in [4.69, 9.17) is 11.6 Å². The van der Waals surface area contributed by atoms with E-state index in [2.05, 4.69) is 10.6 Å². The van der Waals surface area contributed by atoms with Crippen LogP contribution in [0.4, 0.5) is 18.9 Å². The highest BCUT2D eigenvalue weighted by molar-refractivity contribution is 6.31. The standard InChI is InChI=1S/C11H10ClF3N2O/c12-8-1-7(11(13,14)15)2-9(3-8)17-10(18)6-4-16-5-6/h1-3,6,16H,4-5H2,(H,17,18). The lowest BCUT2D eigenvalue weighted by Gasteiger charge is -2.25. The molecule has 18 heavy (non-hydrogen) atoms. The van der Waals surface area contributed by atoms with Crippen molar-refractivity contribution in [3.8, 4) is 0 Å². The maximum absolute atomic E-state index is 12.5. The third-order valence-corrected chi connectivity index (χ3v) is 2.86. The molecule has 1 aliphatic rings. The number of anilines is 1. The number of amides is 1. The second-order valence-electron chi connectivity index (χ2n) is 4.07. The summed E-state index contributed by atoms with van der Waals surface area (Å²) in [5, 5.41) is 5.28. The minimum atomic E-state index is -4.48. The highest BCUT2D eigenvalue weighted by atomic mass is 35.5. The Morgan fingerprint density at radius 2 is 2.00 bits per heavy atom. The molecular formula is C11H10ClF3N2O. The van der Waals surface area contributed by atoms with Crippen molar-refractivity contribution in [2.45, 2.75) is 6.18 Å². The lowest BCUT2D eigenvalue weighted by Crippen LogP contribution is -2.48. The van der Waals surface area contributed by atoms with E-state index in [1.165, 1.54) is 6.07 Å². The minimum Gasteiger partial charge on any atom is -0.326 e. The summed E-state index contributed by atoms with van der Waals surface area (Å²) in [5.41, 5.74) is -0.816. The van der Waals surface area contributed by atoms with Crippen LogP contribution < -0.4 is 10.6 Å². The van der Waals surface area contributed by atoms with Crippen LogP contribution in [0.15, 0.2) is 18.2 Å². The topological polar surface area (TPSA) is 41.1 Å². The highest BCUT2D eigenvalue weighted by Gasteiger charge is 2.31. The summed E-state index contributed by atoms with van der Waals surface area (Å²) in [6.07, 6.45) is -4.48. The Morgan fingerprint density at radius 1 is 1.33 bits per heavy atom. The Balaban J connectivity index is 2.17. The van der Waals surface area contributed by atoms with Gasteiger partial charge in [-0.3, -0.25) is 4.79 Å². The van der Waals surface area contributed by atoms with Gasteiger partial charge >= 0.3 is 6.18 Å². The van der Waals surface area contributed by atoms with Gasteiger partial charge in [0.15, 0.2) is 0 Å². The molecule has 0 aliphatic carbocycles. The van der Waals surface area contributed by atoms with Crippen LogP contribution in [0.5, 0.6) is 0 Å². The maximum Gasteiger partial charge on any atom is 0.416 e. The van der Waals surface area contributed by atoms with E-state index in [1.807, 2.05) is 0 Å². The van der Waals surface area contributed by atoms with Crippen molar-refractivity contribution in [1.82, 2.24) is 5.32 Å². The molecule has 1 aliphatic heterocycles. The fourth-order valence-electron chi connectivity index (χ4n) is 1.54. The van der Waals surface area contributed by atoms with Crippen LogP contribution in [0.2, 0.25) is 5.02 Å². The van der Waals surface area contributed by atoms with E-state index in [0.29, 0.717) is 13.1 Å². The minimum absolute atomic E-state index is 0.0618. The molecule has 0 unspecified atom stereocenters. The van der Waals surface area contributed by atoms with E-state index in [0.717, 1.165) is 12.1 Å². The quantitative estimate of drug-likeness (QED) is 0.873. The summed E-state index contributed by atoms with van der Waals surface area (Å²) in [4.78, 5) is 11.6. The molecule has 0 spiro atoms. The van der Waals surface area contributed by atoms with Crippen molar-refractivity contribution in [2.24, 2.45) is 5.92 Å². The van der Waals surface area contributed by atoms with Crippen LogP contribution in [-0.2, 0) is 11.0 Å². The van der Waals surface area contributed by atoms with Crippen LogP contribution >= 0.6 is 11.6 Å². The predicted octanol–water partition coefficient (Wildman–Crippen LogP) is 2.52. The van der Waals surface area contributed by atoms with E-state index in [-0.39, 0.29) is 22.5 Å². The summed E-state index contributed by atoms with van der Waals surface area (Å²) in [6.45, 7) is 1.08. The Hall–Kier alpha value is -1.27. The summed E-state index contributed by atoms with van der Waals surface area (Å²) in [7, 11) is 0. The molecule has 1 aromatic carbocycles. The molecule has 1 saturated heterocycles. The first-order valence-electron chi connectivity index (χ1n) is 5.25. The van der Waals surface area contributed by atoms with Gasteiger partial charge in [0.1, 0.15) is 0 Å². The molecule has 0 atom stereocenters. The van der Waals surface area contributed by atoms with Gasteiger partial charge in [0.25, 0.3) is 0 Å². The molecule has 0 radical (unpaired) electrons. The second-order valence-corrected chi connectivity index (χ2v) is 4.51. The molecule has 1 fully saturated rings. The Kier molecular flexibility index (Phi) is 3.49. The SMILES string of the molecule is O=C(Nc1cc(Cl)cc(C(F)(F)F)c1)C1CNC1. The number of benzene rings is 1.